The van der Waals surface area contributed by atoms with Crippen molar-refractivity contribution in [3.63, 3.8) is 0 Å². The number of nitrogens with two attached hydrogens (primary N) is 1. The number of amides is 1. The van der Waals surface area contributed by atoms with Gasteiger partial charge in [0.15, 0.2) is 5.16 Å². The quantitative estimate of drug-likeness (QED) is 0.350. The molecular formula is C25H21N5O2S. The van der Waals surface area contributed by atoms with Gasteiger partial charge < -0.3 is 10.7 Å². The van der Waals surface area contributed by atoms with Gasteiger partial charge in [0.25, 0.3) is 11.5 Å². The molecule has 0 saturated heterocycles. The molecule has 5 rings (SSSR count). The molecule has 0 spiro atoms. The number of carbonyl (C=O) groups is 1. The lowest BCUT2D eigenvalue weighted by Gasteiger charge is -2.21. The first-order valence-corrected chi connectivity index (χ1v) is 11.5. The molecule has 33 heavy (non-hydrogen) atoms. The Morgan fingerprint density at radius 3 is 2.58 bits per heavy atom. The van der Waals surface area contributed by atoms with Crippen molar-refractivity contribution in [1.82, 2.24) is 15.0 Å². The molecule has 3 N–H and O–H groups in total. The molecule has 1 amide bonds. The van der Waals surface area contributed by atoms with Crippen molar-refractivity contribution in [3.8, 4) is 0 Å². The van der Waals surface area contributed by atoms with Crippen molar-refractivity contribution in [3.05, 3.63) is 100 Å². The fourth-order valence-corrected chi connectivity index (χ4v) is 4.67. The highest BCUT2D eigenvalue weighted by Crippen LogP contribution is 2.34. The Balaban J connectivity index is 1.43. The number of fused-ring (bicyclic) bond motifs is 1. The van der Waals surface area contributed by atoms with E-state index in [0.717, 1.165) is 39.4 Å². The van der Waals surface area contributed by atoms with Gasteiger partial charge in [-0.2, -0.15) is 5.10 Å². The summed E-state index contributed by atoms with van der Waals surface area (Å²) in [5, 5.41) is 8.89. The maximum atomic E-state index is 13.2. The van der Waals surface area contributed by atoms with E-state index in [1.54, 1.807) is 5.01 Å². The summed E-state index contributed by atoms with van der Waals surface area (Å²) in [6.07, 6.45) is 0.617. The van der Waals surface area contributed by atoms with E-state index >= 15 is 0 Å². The molecule has 0 aliphatic carbocycles. The lowest BCUT2D eigenvalue weighted by molar-refractivity contribution is -0.130. The maximum Gasteiger partial charge on any atom is 0.253 e. The van der Waals surface area contributed by atoms with Gasteiger partial charge in [-0.3, -0.25) is 9.59 Å². The Labute approximate surface area is 194 Å². The number of aromatic nitrogens is 2. The van der Waals surface area contributed by atoms with Gasteiger partial charge in [-0.1, -0.05) is 78.5 Å². The standard InChI is InChI=1S/C25H21N5O2S/c26-22-14-23(31)28-25(27-22)33-15-24(32)30-21(17-7-2-1-3-8-17)13-20(29-30)19-11-10-16-6-4-5-9-18(16)12-19/h1-12,14,21H,13,15H2,(H3,26,27,28,31)/t21-/m1/s1. The van der Waals surface area contributed by atoms with Crippen molar-refractivity contribution in [2.24, 2.45) is 5.10 Å². The predicted octanol–water partition coefficient (Wildman–Crippen LogP) is 3.98. The van der Waals surface area contributed by atoms with E-state index in [1.165, 1.54) is 6.07 Å². The third kappa shape index (κ3) is 4.51. The summed E-state index contributed by atoms with van der Waals surface area (Å²) >= 11 is 1.13. The van der Waals surface area contributed by atoms with Crippen LogP contribution in [0.25, 0.3) is 10.8 Å². The highest BCUT2D eigenvalue weighted by atomic mass is 32.2. The molecule has 1 aliphatic rings. The number of thioether (sulfide) groups is 1. The largest absolute Gasteiger partial charge is 0.383 e. The topological polar surface area (TPSA) is 104 Å². The lowest BCUT2D eigenvalue weighted by Crippen LogP contribution is -2.28. The van der Waals surface area contributed by atoms with E-state index in [4.69, 9.17) is 10.8 Å². The summed E-state index contributed by atoms with van der Waals surface area (Å²) < 4.78 is 0. The van der Waals surface area contributed by atoms with Crippen molar-refractivity contribution in [1.29, 1.82) is 0 Å². The smallest absolute Gasteiger partial charge is 0.253 e. The molecule has 2 heterocycles. The number of H-pyrrole nitrogens is 1. The van der Waals surface area contributed by atoms with Crippen LogP contribution in [0.3, 0.4) is 0 Å². The first-order valence-electron chi connectivity index (χ1n) is 10.5. The summed E-state index contributed by atoms with van der Waals surface area (Å²) in [7, 11) is 0. The second-order valence-electron chi connectivity index (χ2n) is 7.74. The molecule has 4 aromatic rings. The number of hydrogen-bond acceptors (Lipinski definition) is 6. The number of hydrazone groups is 1. The van der Waals surface area contributed by atoms with Crippen LogP contribution in [0.4, 0.5) is 5.82 Å². The summed E-state index contributed by atoms with van der Waals surface area (Å²) in [4.78, 5) is 31.5. The van der Waals surface area contributed by atoms with Gasteiger partial charge in [-0.05, 0) is 28.0 Å². The molecule has 164 valence electrons. The minimum Gasteiger partial charge on any atom is -0.383 e. The average molecular weight is 456 g/mol. The fraction of sp³-hybridized carbons (Fsp3) is 0.120. The van der Waals surface area contributed by atoms with Crippen LogP contribution >= 0.6 is 11.8 Å². The van der Waals surface area contributed by atoms with Crippen LogP contribution in [-0.4, -0.2) is 32.3 Å². The van der Waals surface area contributed by atoms with Crippen molar-refractivity contribution >= 4 is 40.0 Å². The molecule has 1 aromatic heterocycles. The molecule has 7 nitrogen and oxygen atoms in total. The normalized spacial score (nSPS) is 15.6. The molecule has 1 aliphatic heterocycles. The molecular weight excluding hydrogens is 434 g/mol. The zero-order chi connectivity index (χ0) is 22.8. The molecule has 0 radical (unpaired) electrons. The third-order valence-electron chi connectivity index (χ3n) is 5.51. The number of anilines is 1. The SMILES string of the molecule is Nc1cc(=O)[nH]c(SCC(=O)N2N=C(c3ccc4ccccc4c3)C[C@@H]2c2ccccc2)n1. The van der Waals surface area contributed by atoms with Crippen molar-refractivity contribution < 1.29 is 4.79 Å². The number of nitrogens with one attached hydrogen (secondary N) is 1. The highest BCUT2D eigenvalue weighted by Gasteiger charge is 2.33. The van der Waals surface area contributed by atoms with Crippen LogP contribution in [-0.2, 0) is 4.79 Å². The average Bonchev–Trinajstić information content (AvgIpc) is 3.28. The van der Waals surface area contributed by atoms with Crippen LogP contribution in [0.15, 0.2) is 93.9 Å². The van der Waals surface area contributed by atoms with Crippen LogP contribution in [0.1, 0.15) is 23.6 Å². The van der Waals surface area contributed by atoms with Gasteiger partial charge in [-0.15, -0.1) is 0 Å². The number of aromatic amines is 1. The zero-order valence-electron chi connectivity index (χ0n) is 17.6. The molecule has 0 saturated carbocycles. The zero-order valence-corrected chi connectivity index (χ0v) is 18.5. The van der Waals surface area contributed by atoms with Gasteiger partial charge in [0, 0.05) is 12.5 Å². The monoisotopic (exact) mass is 455 g/mol. The number of benzene rings is 3. The maximum absolute atomic E-state index is 13.2. The first kappa shape index (κ1) is 21.0. The van der Waals surface area contributed by atoms with Crippen LogP contribution in [0.5, 0.6) is 0 Å². The van der Waals surface area contributed by atoms with E-state index in [9.17, 15) is 9.59 Å². The van der Waals surface area contributed by atoms with E-state index in [-0.39, 0.29) is 29.1 Å². The Morgan fingerprint density at radius 2 is 1.79 bits per heavy atom. The molecule has 3 aromatic carbocycles. The van der Waals surface area contributed by atoms with Gasteiger partial charge in [0.2, 0.25) is 0 Å². The molecule has 0 unspecified atom stereocenters. The molecule has 1 atom stereocenters. The summed E-state index contributed by atoms with van der Waals surface area (Å²) in [5.41, 5.74) is 8.18. The first-order chi connectivity index (χ1) is 16.1. The van der Waals surface area contributed by atoms with Crippen molar-refractivity contribution in [2.45, 2.75) is 17.6 Å². The summed E-state index contributed by atoms with van der Waals surface area (Å²) in [6, 6.07) is 25.3. The summed E-state index contributed by atoms with van der Waals surface area (Å²) in [6.45, 7) is 0. The lowest BCUT2D eigenvalue weighted by atomic mass is 9.97. The van der Waals surface area contributed by atoms with E-state index < -0.39 is 0 Å². The second kappa shape index (κ2) is 8.91. The number of carbonyl (C=O) groups excluding carboxylic acids is 1. The molecule has 0 fully saturated rings. The van der Waals surface area contributed by atoms with Crippen LogP contribution in [0.2, 0.25) is 0 Å². The van der Waals surface area contributed by atoms with Crippen LogP contribution < -0.4 is 11.3 Å². The molecule has 8 heteroatoms. The Bertz CT molecular complexity index is 1420. The van der Waals surface area contributed by atoms with Crippen molar-refractivity contribution in [2.75, 3.05) is 11.5 Å². The van der Waals surface area contributed by atoms with E-state index in [2.05, 4.69) is 34.2 Å². The van der Waals surface area contributed by atoms with E-state index in [1.807, 2.05) is 48.5 Å². The number of nitrogens with zero attached hydrogens (tertiary/aromatic N) is 3. The highest BCUT2D eigenvalue weighted by molar-refractivity contribution is 7.99. The predicted molar refractivity (Wildman–Crippen MR) is 131 cm³/mol. The van der Waals surface area contributed by atoms with Gasteiger partial charge in [-0.25, -0.2) is 9.99 Å². The Morgan fingerprint density at radius 1 is 1.03 bits per heavy atom. The van der Waals surface area contributed by atoms with E-state index in [0.29, 0.717) is 11.6 Å². The van der Waals surface area contributed by atoms with Gasteiger partial charge >= 0.3 is 0 Å². The van der Waals surface area contributed by atoms with Gasteiger partial charge in [0.05, 0.1) is 17.5 Å². The van der Waals surface area contributed by atoms with Gasteiger partial charge in [0.1, 0.15) is 5.82 Å². The Kier molecular flexibility index (Phi) is 5.66. The number of nitrogen functional groups attached to an aromatic ring is 1. The fourth-order valence-electron chi connectivity index (χ4n) is 3.94. The second-order valence-corrected chi connectivity index (χ2v) is 8.71. The number of hydrogen-bond donors (Lipinski definition) is 2. The Hall–Kier alpha value is -3.91. The minimum absolute atomic E-state index is 0.0736. The molecule has 0 bridgehead atoms. The summed E-state index contributed by atoms with van der Waals surface area (Å²) in [5.74, 6) is 0.0212. The van der Waals surface area contributed by atoms with Crippen LogP contribution in [0, 0.1) is 0 Å². The number of rotatable bonds is 5. The minimum atomic E-state index is -0.350. The third-order valence-corrected chi connectivity index (χ3v) is 6.36.